The van der Waals surface area contributed by atoms with Gasteiger partial charge in [0.25, 0.3) is 0 Å². The minimum Gasteiger partial charge on any atom is -0.317 e. The van der Waals surface area contributed by atoms with E-state index in [1.807, 2.05) is 7.05 Å². The zero-order chi connectivity index (χ0) is 13.8. The third-order valence-corrected chi connectivity index (χ3v) is 4.54. The van der Waals surface area contributed by atoms with Crippen LogP contribution in [0.1, 0.15) is 38.2 Å². The van der Waals surface area contributed by atoms with Gasteiger partial charge in [0, 0.05) is 12.1 Å². The summed E-state index contributed by atoms with van der Waals surface area (Å²) >= 11 is 0. The average Bonchev–Trinajstić information content (AvgIpc) is 2.41. The van der Waals surface area contributed by atoms with Crippen molar-refractivity contribution in [2.24, 2.45) is 11.8 Å². The summed E-state index contributed by atoms with van der Waals surface area (Å²) in [6.45, 7) is 2.22. The van der Waals surface area contributed by atoms with Crippen molar-refractivity contribution in [3.63, 3.8) is 0 Å². The van der Waals surface area contributed by atoms with E-state index in [0.29, 0.717) is 23.9 Å². The second-order valence-electron chi connectivity index (χ2n) is 5.68. The van der Waals surface area contributed by atoms with E-state index in [1.165, 1.54) is 18.9 Å². The summed E-state index contributed by atoms with van der Waals surface area (Å²) in [5, 5.41) is 3.35. The molecule has 0 spiro atoms. The smallest absolute Gasteiger partial charge is 0.129 e. The molecule has 3 unspecified atom stereocenters. The third kappa shape index (κ3) is 3.53. The first-order valence-electron chi connectivity index (χ1n) is 7.25. The molecule has 0 amide bonds. The molecule has 1 fully saturated rings. The zero-order valence-electron chi connectivity index (χ0n) is 11.8. The van der Waals surface area contributed by atoms with Crippen LogP contribution in [0.15, 0.2) is 18.2 Å². The monoisotopic (exact) mass is 267 g/mol. The Hall–Kier alpha value is -0.960. The maximum atomic E-state index is 13.8. The summed E-state index contributed by atoms with van der Waals surface area (Å²) in [6.07, 6.45) is 5.44. The minimum atomic E-state index is -0.499. The Morgan fingerprint density at radius 2 is 2.05 bits per heavy atom. The zero-order valence-corrected chi connectivity index (χ0v) is 11.8. The molecule has 1 saturated carbocycles. The van der Waals surface area contributed by atoms with Crippen LogP contribution in [0.2, 0.25) is 0 Å². The second-order valence-corrected chi connectivity index (χ2v) is 5.68. The predicted octanol–water partition coefficient (Wildman–Crippen LogP) is 3.92. The van der Waals surface area contributed by atoms with E-state index in [0.717, 1.165) is 24.8 Å². The Bertz CT molecular complexity index is 419. The quantitative estimate of drug-likeness (QED) is 0.871. The number of hydrogen-bond donors (Lipinski definition) is 1. The van der Waals surface area contributed by atoms with Crippen molar-refractivity contribution in [1.29, 1.82) is 0 Å². The van der Waals surface area contributed by atoms with Crippen LogP contribution in [0.3, 0.4) is 0 Å². The molecular weight excluding hydrogens is 244 g/mol. The van der Waals surface area contributed by atoms with E-state index in [-0.39, 0.29) is 0 Å². The Morgan fingerprint density at radius 1 is 1.26 bits per heavy atom. The molecule has 1 aromatic carbocycles. The topological polar surface area (TPSA) is 12.0 Å². The minimum absolute atomic E-state index is 0.409. The van der Waals surface area contributed by atoms with Crippen molar-refractivity contribution in [2.75, 3.05) is 7.05 Å². The lowest BCUT2D eigenvalue weighted by molar-refractivity contribution is 0.204. The summed E-state index contributed by atoms with van der Waals surface area (Å²) < 4.78 is 26.7. The highest BCUT2D eigenvalue weighted by atomic mass is 19.1. The van der Waals surface area contributed by atoms with Crippen LogP contribution in [-0.4, -0.2) is 13.1 Å². The van der Waals surface area contributed by atoms with Crippen LogP contribution >= 0.6 is 0 Å². The van der Waals surface area contributed by atoms with E-state index < -0.39 is 11.6 Å². The van der Waals surface area contributed by atoms with Crippen molar-refractivity contribution >= 4 is 0 Å². The van der Waals surface area contributed by atoms with Crippen LogP contribution in [0.4, 0.5) is 8.78 Å². The Morgan fingerprint density at radius 3 is 2.68 bits per heavy atom. The first-order chi connectivity index (χ1) is 9.13. The SMILES string of the molecule is CCC1CCC(NC)C(Cc2ccc(F)cc2F)C1. The van der Waals surface area contributed by atoms with Gasteiger partial charge in [0.15, 0.2) is 0 Å². The van der Waals surface area contributed by atoms with Crippen molar-refractivity contribution in [1.82, 2.24) is 5.32 Å². The van der Waals surface area contributed by atoms with E-state index in [9.17, 15) is 8.78 Å². The van der Waals surface area contributed by atoms with Gasteiger partial charge in [-0.1, -0.05) is 19.4 Å². The average molecular weight is 267 g/mol. The van der Waals surface area contributed by atoms with Crippen molar-refractivity contribution < 1.29 is 8.78 Å². The maximum Gasteiger partial charge on any atom is 0.129 e. The molecule has 1 nitrogen and oxygen atoms in total. The Labute approximate surface area is 114 Å². The summed E-state index contributed by atoms with van der Waals surface area (Å²) in [5.74, 6) is 0.289. The van der Waals surface area contributed by atoms with Gasteiger partial charge in [0.2, 0.25) is 0 Å². The molecule has 0 radical (unpaired) electrons. The molecular formula is C16H23F2N. The Kier molecular flexibility index (Phi) is 4.92. The lowest BCUT2D eigenvalue weighted by Crippen LogP contribution is -2.39. The molecule has 3 heteroatoms. The molecule has 1 aliphatic carbocycles. The van der Waals surface area contributed by atoms with Crippen molar-refractivity contribution in [3.8, 4) is 0 Å². The van der Waals surface area contributed by atoms with Crippen molar-refractivity contribution in [2.45, 2.75) is 45.1 Å². The lowest BCUT2D eigenvalue weighted by Gasteiger charge is -2.36. The van der Waals surface area contributed by atoms with Gasteiger partial charge in [-0.2, -0.15) is 0 Å². The molecule has 3 atom stereocenters. The number of rotatable bonds is 4. The molecule has 106 valence electrons. The first-order valence-corrected chi connectivity index (χ1v) is 7.25. The summed E-state index contributed by atoms with van der Waals surface area (Å²) in [7, 11) is 1.98. The van der Waals surface area contributed by atoms with Crippen molar-refractivity contribution in [3.05, 3.63) is 35.4 Å². The highest BCUT2D eigenvalue weighted by Crippen LogP contribution is 2.33. The number of halogens is 2. The normalized spacial score (nSPS) is 27.5. The first kappa shape index (κ1) is 14.4. The van der Waals surface area contributed by atoms with E-state index in [4.69, 9.17) is 0 Å². The van der Waals surface area contributed by atoms with E-state index in [2.05, 4.69) is 12.2 Å². The molecule has 0 aliphatic heterocycles. The van der Waals surface area contributed by atoms with Crippen LogP contribution < -0.4 is 5.32 Å². The molecule has 0 bridgehead atoms. The summed E-state index contributed by atoms with van der Waals surface area (Å²) in [6, 6.07) is 4.39. The number of nitrogens with one attached hydrogen (secondary N) is 1. The number of benzene rings is 1. The second kappa shape index (κ2) is 6.47. The fourth-order valence-electron chi connectivity index (χ4n) is 3.31. The molecule has 19 heavy (non-hydrogen) atoms. The van der Waals surface area contributed by atoms with Gasteiger partial charge >= 0.3 is 0 Å². The van der Waals surface area contributed by atoms with Gasteiger partial charge in [-0.3, -0.25) is 0 Å². The fourth-order valence-corrected chi connectivity index (χ4v) is 3.31. The standard InChI is InChI=1S/C16H23F2N/c1-3-11-4-7-16(19-2)13(8-11)9-12-5-6-14(17)10-15(12)18/h5-6,10-11,13,16,19H,3-4,7-9H2,1-2H3. The molecule has 1 N–H and O–H groups in total. The van der Waals surface area contributed by atoms with Gasteiger partial charge < -0.3 is 5.32 Å². The molecule has 0 saturated heterocycles. The van der Waals surface area contributed by atoms with E-state index in [1.54, 1.807) is 6.07 Å². The van der Waals surface area contributed by atoms with Crippen LogP contribution in [0.25, 0.3) is 0 Å². The molecule has 0 aromatic heterocycles. The maximum absolute atomic E-state index is 13.8. The van der Waals surface area contributed by atoms with Crippen LogP contribution in [-0.2, 0) is 6.42 Å². The largest absolute Gasteiger partial charge is 0.317 e. The predicted molar refractivity (Wildman–Crippen MR) is 74.0 cm³/mol. The van der Waals surface area contributed by atoms with Crippen LogP contribution in [0.5, 0.6) is 0 Å². The summed E-state index contributed by atoms with van der Waals surface area (Å²) in [5.41, 5.74) is 0.642. The third-order valence-electron chi connectivity index (χ3n) is 4.54. The summed E-state index contributed by atoms with van der Waals surface area (Å²) in [4.78, 5) is 0. The van der Waals surface area contributed by atoms with Gasteiger partial charge in [-0.15, -0.1) is 0 Å². The van der Waals surface area contributed by atoms with E-state index >= 15 is 0 Å². The fraction of sp³-hybridized carbons (Fsp3) is 0.625. The lowest BCUT2D eigenvalue weighted by atomic mass is 9.74. The molecule has 1 aliphatic rings. The molecule has 2 rings (SSSR count). The van der Waals surface area contributed by atoms with Gasteiger partial charge in [0.05, 0.1) is 0 Å². The van der Waals surface area contributed by atoms with Gasteiger partial charge in [-0.25, -0.2) is 8.78 Å². The van der Waals surface area contributed by atoms with Gasteiger partial charge in [-0.05, 0) is 56.2 Å². The molecule has 0 heterocycles. The highest BCUT2D eigenvalue weighted by molar-refractivity contribution is 5.19. The van der Waals surface area contributed by atoms with Crippen LogP contribution in [0, 0.1) is 23.5 Å². The Balaban J connectivity index is 2.09. The highest BCUT2D eigenvalue weighted by Gasteiger charge is 2.29. The number of hydrogen-bond acceptors (Lipinski definition) is 1. The van der Waals surface area contributed by atoms with Gasteiger partial charge in [0.1, 0.15) is 11.6 Å². The molecule has 1 aromatic rings.